The quantitative estimate of drug-likeness (QED) is 0.796. The molecule has 0 saturated carbocycles. The van der Waals surface area contributed by atoms with Crippen molar-refractivity contribution in [1.29, 1.82) is 0 Å². The number of nitrogens with zero attached hydrogens (tertiary/aromatic N) is 1. The predicted molar refractivity (Wildman–Crippen MR) is 81.6 cm³/mol. The van der Waals surface area contributed by atoms with Gasteiger partial charge in [-0.15, -0.1) is 0 Å². The number of ether oxygens (including phenoxy) is 4. The minimum atomic E-state index is 0.0287. The fraction of sp³-hybridized carbons (Fsp3) is 0.556. The lowest BCUT2D eigenvalue weighted by Crippen LogP contribution is -2.45. The first-order chi connectivity index (χ1) is 11.3. The molecule has 0 amide bonds. The van der Waals surface area contributed by atoms with Gasteiger partial charge in [0.25, 0.3) is 0 Å². The first-order valence-electron chi connectivity index (χ1n) is 8.41. The number of hydrogen-bond acceptors (Lipinski definition) is 5. The number of methoxy groups -OCH3 is 1. The van der Waals surface area contributed by atoms with Crippen LogP contribution < -0.4 is 9.47 Å². The summed E-state index contributed by atoms with van der Waals surface area (Å²) in [5.41, 5.74) is 2.68. The van der Waals surface area contributed by atoms with Gasteiger partial charge in [0, 0.05) is 12.5 Å². The van der Waals surface area contributed by atoms with Gasteiger partial charge in [0.2, 0.25) is 6.79 Å². The van der Waals surface area contributed by atoms with E-state index in [0.29, 0.717) is 12.7 Å². The van der Waals surface area contributed by atoms with Gasteiger partial charge in [-0.1, -0.05) is 0 Å². The molecule has 5 heterocycles. The lowest BCUT2D eigenvalue weighted by Gasteiger charge is -2.38. The zero-order chi connectivity index (χ0) is 15.2. The van der Waals surface area contributed by atoms with Crippen molar-refractivity contribution in [3.63, 3.8) is 0 Å². The highest BCUT2D eigenvalue weighted by Gasteiger charge is 2.61. The van der Waals surface area contributed by atoms with Crippen molar-refractivity contribution in [2.24, 2.45) is 0 Å². The zero-order valence-corrected chi connectivity index (χ0v) is 13.1. The normalized spacial score (nSPS) is 39.0. The smallest absolute Gasteiger partial charge is 0.231 e. The largest absolute Gasteiger partial charge is 0.499 e. The van der Waals surface area contributed by atoms with Crippen LogP contribution in [-0.2, 0) is 9.47 Å². The zero-order valence-electron chi connectivity index (χ0n) is 13.1. The molecule has 0 radical (unpaired) electrons. The lowest BCUT2D eigenvalue weighted by molar-refractivity contribution is -0.0304. The van der Waals surface area contributed by atoms with Crippen LogP contribution in [-0.4, -0.2) is 43.5 Å². The standard InChI is InChI=1S/C18H19NO4/c1-20-14-7-18-3-2-4-19(18)8-15-10-5-12-13(22-9-21-12)6-11(10)16(18)17(14)23-15/h5-7,15-17H,2-4,8-9H2,1H3. The van der Waals surface area contributed by atoms with Gasteiger partial charge in [-0.2, -0.15) is 0 Å². The molecule has 7 rings (SSSR count). The molecular weight excluding hydrogens is 294 g/mol. The van der Waals surface area contributed by atoms with Crippen LogP contribution in [0.15, 0.2) is 24.0 Å². The van der Waals surface area contributed by atoms with Crippen LogP contribution in [0.5, 0.6) is 11.5 Å². The summed E-state index contributed by atoms with van der Waals surface area (Å²) in [4.78, 5) is 2.61. The highest BCUT2D eigenvalue weighted by atomic mass is 16.7. The van der Waals surface area contributed by atoms with E-state index >= 15 is 0 Å². The van der Waals surface area contributed by atoms with E-state index < -0.39 is 0 Å². The van der Waals surface area contributed by atoms with E-state index in [1.165, 1.54) is 24.0 Å². The number of benzene rings is 1. The average molecular weight is 313 g/mol. The summed E-state index contributed by atoms with van der Waals surface area (Å²) in [6, 6.07) is 4.33. The van der Waals surface area contributed by atoms with Gasteiger partial charge in [0.15, 0.2) is 11.5 Å². The Morgan fingerprint density at radius 2 is 2.04 bits per heavy atom. The minimum Gasteiger partial charge on any atom is -0.499 e. The fourth-order valence-corrected chi connectivity index (χ4v) is 5.41. The molecule has 4 unspecified atom stereocenters. The molecule has 5 heteroatoms. The van der Waals surface area contributed by atoms with Gasteiger partial charge in [0.1, 0.15) is 11.9 Å². The Morgan fingerprint density at radius 3 is 2.87 bits per heavy atom. The molecule has 1 aromatic rings. The lowest BCUT2D eigenvalue weighted by atomic mass is 9.76. The van der Waals surface area contributed by atoms with Crippen LogP contribution in [0.25, 0.3) is 0 Å². The molecule has 0 N–H and O–H groups in total. The van der Waals surface area contributed by atoms with Crippen LogP contribution in [0.3, 0.4) is 0 Å². The maximum absolute atomic E-state index is 6.49. The molecule has 1 aliphatic carbocycles. The Hall–Kier alpha value is -1.72. The van der Waals surface area contributed by atoms with E-state index in [0.717, 1.165) is 30.3 Å². The second-order valence-corrected chi connectivity index (χ2v) is 7.15. The van der Waals surface area contributed by atoms with Gasteiger partial charge >= 0.3 is 0 Å². The number of rotatable bonds is 1. The molecule has 4 bridgehead atoms. The summed E-state index contributed by atoms with van der Waals surface area (Å²) < 4.78 is 23.4. The third kappa shape index (κ3) is 1.37. The topological polar surface area (TPSA) is 40.2 Å². The molecule has 2 saturated heterocycles. The van der Waals surface area contributed by atoms with E-state index in [9.17, 15) is 0 Å². The molecule has 23 heavy (non-hydrogen) atoms. The van der Waals surface area contributed by atoms with Crippen molar-refractivity contribution < 1.29 is 18.9 Å². The molecular formula is C18H19NO4. The van der Waals surface area contributed by atoms with Crippen LogP contribution in [0.1, 0.15) is 36.0 Å². The molecule has 1 spiro atoms. The molecule has 120 valence electrons. The monoisotopic (exact) mass is 313 g/mol. The molecule has 2 fully saturated rings. The number of hydrogen-bond donors (Lipinski definition) is 0. The molecule has 0 aromatic heterocycles. The van der Waals surface area contributed by atoms with Crippen molar-refractivity contribution in [3.8, 4) is 11.5 Å². The van der Waals surface area contributed by atoms with Gasteiger partial charge in [-0.25, -0.2) is 0 Å². The van der Waals surface area contributed by atoms with Gasteiger partial charge in [-0.05, 0) is 48.7 Å². The Bertz CT molecular complexity index is 745. The summed E-state index contributed by atoms with van der Waals surface area (Å²) in [7, 11) is 1.76. The van der Waals surface area contributed by atoms with E-state index in [4.69, 9.17) is 18.9 Å². The van der Waals surface area contributed by atoms with Crippen molar-refractivity contribution in [1.82, 2.24) is 4.90 Å². The second kappa shape index (κ2) is 4.02. The summed E-state index contributed by atoms with van der Waals surface area (Å²) in [6.07, 6.45) is 4.86. The second-order valence-electron chi connectivity index (χ2n) is 7.15. The summed E-state index contributed by atoms with van der Waals surface area (Å²) in [5.74, 6) is 3.01. The highest BCUT2D eigenvalue weighted by Crippen LogP contribution is 2.60. The van der Waals surface area contributed by atoms with Crippen LogP contribution in [0, 0.1) is 0 Å². The fourth-order valence-electron chi connectivity index (χ4n) is 5.41. The van der Waals surface area contributed by atoms with Gasteiger partial charge < -0.3 is 18.9 Å². The molecule has 1 aromatic carbocycles. The van der Waals surface area contributed by atoms with Crippen molar-refractivity contribution in [2.75, 3.05) is 27.0 Å². The van der Waals surface area contributed by atoms with E-state index in [1.54, 1.807) is 7.11 Å². The number of fused-ring (bicyclic) bond motifs is 1. The molecule has 4 atom stereocenters. The van der Waals surface area contributed by atoms with Crippen LogP contribution in [0.4, 0.5) is 0 Å². The van der Waals surface area contributed by atoms with E-state index in [2.05, 4.69) is 23.1 Å². The Balaban J connectivity index is 1.61. The first-order valence-corrected chi connectivity index (χ1v) is 8.41. The Morgan fingerprint density at radius 1 is 1.22 bits per heavy atom. The minimum absolute atomic E-state index is 0.0287. The summed E-state index contributed by atoms with van der Waals surface area (Å²) in [6.45, 7) is 2.40. The van der Waals surface area contributed by atoms with Crippen molar-refractivity contribution >= 4 is 0 Å². The SMILES string of the molecule is COC1=CC23CCCN2CC2OC1C3c1cc3c(cc12)OCO3. The highest BCUT2D eigenvalue weighted by molar-refractivity contribution is 5.56. The first kappa shape index (κ1) is 12.7. The third-order valence-electron chi connectivity index (χ3n) is 6.30. The third-order valence-corrected chi connectivity index (χ3v) is 6.30. The maximum Gasteiger partial charge on any atom is 0.231 e. The van der Waals surface area contributed by atoms with Gasteiger partial charge in [0.05, 0.1) is 18.8 Å². The summed E-state index contributed by atoms with van der Waals surface area (Å²) in [5, 5.41) is 0. The van der Waals surface area contributed by atoms with E-state index in [1.807, 2.05) is 0 Å². The van der Waals surface area contributed by atoms with Crippen LogP contribution >= 0.6 is 0 Å². The van der Waals surface area contributed by atoms with E-state index in [-0.39, 0.29) is 17.7 Å². The average Bonchev–Trinajstić information content (AvgIpc) is 3.21. The molecule has 5 nitrogen and oxygen atoms in total. The van der Waals surface area contributed by atoms with Crippen molar-refractivity contribution in [2.45, 2.75) is 36.5 Å². The Kier molecular flexibility index (Phi) is 2.22. The van der Waals surface area contributed by atoms with Gasteiger partial charge in [-0.3, -0.25) is 4.90 Å². The summed E-state index contributed by atoms with van der Waals surface area (Å²) >= 11 is 0. The molecule has 5 aliphatic heterocycles. The predicted octanol–water partition coefficient (Wildman–Crippen LogP) is 2.33. The van der Waals surface area contributed by atoms with Crippen LogP contribution in [0.2, 0.25) is 0 Å². The maximum atomic E-state index is 6.49. The van der Waals surface area contributed by atoms with Crippen molar-refractivity contribution in [3.05, 3.63) is 35.1 Å². The Labute approximate surface area is 134 Å². The molecule has 6 aliphatic rings.